The van der Waals surface area contributed by atoms with E-state index in [1.165, 1.54) is 13.4 Å². The molecule has 1 fully saturated rings. The van der Waals surface area contributed by atoms with Gasteiger partial charge in [-0.1, -0.05) is 0 Å². The standard InChI is InChI=1S/C15H26N6O3/c1-15(2,3)24-14(22)21-7-5-6-10(8-21)19-12-11(23-4)13(20-16)18-9-17-12/h9-10H,5-8,16H2,1-4H3,(H2,17,18,19,20). The van der Waals surface area contributed by atoms with E-state index >= 15 is 0 Å². The highest BCUT2D eigenvalue weighted by Gasteiger charge is 2.28. The van der Waals surface area contributed by atoms with Gasteiger partial charge < -0.3 is 25.1 Å². The maximum absolute atomic E-state index is 12.2. The van der Waals surface area contributed by atoms with E-state index in [2.05, 4.69) is 20.7 Å². The Morgan fingerprint density at radius 2 is 2.08 bits per heavy atom. The molecule has 1 aliphatic heterocycles. The molecule has 0 radical (unpaired) electrons. The van der Waals surface area contributed by atoms with Crippen molar-refractivity contribution in [3.8, 4) is 5.75 Å². The van der Waals surface area contributed by atoms with E-state index in [1.807, 2.05) is 20.8 Å². The summed E-state index contributed by atoms with van der Waals surface area (Å²) in [5, 5.41) is 3.30. The highest BCUT2D eigenvalue weighted by atomic mass is 16.6. The molecule has 1 unspecified atom stereocenters. The van der Waals surface area contributed by atoms with Crippen molar-refractivity contribution in [2.24, 2.45) is 5.84 Å². The monoisotopic (exact) mass is 338 g/mol. The zero-order valence-electron chi connectivity index (χ0n) is 14.6. The van der Waals surface area contributed by atoms with Crippen LogP contribution in [0, 0.1) is 0 Å². The highest BCUT2D eigenvalue weighted by molar-refractivity contribution is 5.68. The highest BCUT2D eigenvalue weighted by Crippen LogP contribution is 2.29. The van der Waals surface area contributed by atoms with Crippen molar-refractivity contribution in [3.63, 3.8) is 0 Å². The zero-order chi connectivity index (χ0) is 17.7. The fourth-order valence-corrected chi connectivity index (χ4v) is 2.55. The topological polar surface area (TPSA) is 115 Å². The number of nitrogens with two attached hydrogens (primary N) is 1. The number of carbonyl (C=O) groups excluding carboxylic acids is 1. The van der Waals surface area contributed by atoms with E-state index < -0.39 is 5.60 Å². The molecule has 0 aliphatic carbocycles. The number of hydrogen-bond acceptors (Lipinski definition) is 8. The van der Waals surface area contributed by atoms with Crippen molar-refractivity contribution in [2.45, 2.75) is 45.3 Å². The van der Waals surface area contributed by atoms with Crippen LogP contribution in [0.15, 0.2) is 6.33 Å². The number of likely N-dealkylation sites (tertiary alicyclic amines) is 1. The molecule has 9 heteroatoms. The number of aromatic nitrogens is 2. The molecular formula is C15H26N6O3. The van der Waals surface area contributed by atoms with Gasteiger partial charge in [-0.3, -0.25) is 0 Å². The summed E-state index contributed by atoms with van der Waals surface area (Å²) in [7, 11) is 1.53. The average molecular weight is 338 g/mol. The number of hydrazine groups is 1. The number of rotatable bonds is 4. The largest absolute Gasteiger partial charge is 0.490 e. The predicted octanol–water partition coefficient (Wildman–Crippen LogP) is 1.58. The molecule has 1 saturated heterocycles. The maximum atomic E-state index is 12.2. The first-order valence-electron chi connectivity index (χ1n) is 7.94. The predicted molar refractivity (Wildman–Crippen MR) is 90.8 cm³/mol. The number of nitrogens with zero attached hydrogens (tertiary/aromatic N) is 3. The fraction of sp³-hybridized carbons (Fsp3) is 0.667. The number of ether oxygens (including phenoxy) is 2. The summed E-state index contributed by atoms with van der Waals surface area (Å²) < 4.78 is 10.8. The van der Waals surface area contributed by atoms with Crippen molar-refractivity contribution < 1.29 is 14.3 Å². The van der Waals surface area contributed by atoms with Gasteiger partial charge in [-0.15, -0.1) is 0 Å². The van der Waals surface area contributed by atoms with E-state index in [0.717, 1.165) is 12.8 Å². The normalized spacial score (nSPS) is 18.0. The van der Waals surface area contributed by atoms with Crippen LogP contribution in [0.3, 0.4) is 0 Å². The minimum atomic E-state index is -0.505. The van der Waals surface area contributed by atoms with Gasteiger partial charge in [0, 0.05) is 19.1 Å². The van der Waals surface area contributed by atoms with E-state index in [1.54, 1.807) is 4.90 Å². The number of piperidine rings is 1. The lowest BCUT2D eigenvalue weighted by atomic mass is 10.1. The van der Waals surface area contributed by atoms with E-state index in [-0.39, 0.29) is 12.1 Å². The van der Waals surface area contributed by atoms with Crippen molar-refractivity contribution >= 4 is 17.7 Å². The van der Waals surface area contributed by atoms with Crippen LogP contribution in [0.25, 0.3) is 0 Å². The quantitative estimate of drug-likeness (QED) is 0.560. The third-order valence-electron chi connectivity index (χ3n) is 3.56. The van der Waals surface area contributed by atoms with Crippen LogP contribution in [0.4, 0.5) is 16.4 Å². The summed E-state index contributed by atoms with van der Waals surface area (Å²) in [6.45, 7) is 6.80. The molecule has 1 aliphatic rings. The molecule has 4 N–H and O–H groups in total. The first-order valence-corrected chi connectivity index (χ1v) is 7.94. The second-order valence-corrected chi connectivity index (χ2v) is 6.66. The Morgan fingerprint density at radius 3 is 2.71 bits per heavy atom. The summed E-state index contributed by atoms with van der Waals surface area (Å²) in [6, 6.07) is 0.0423. The number of hydrogen-bond donors (Lipinski definition) is 3. The third-order valence-corrected chi connectivity index (χ3v) is 3.56. The zero-order valence-corrected chi connectivity index (χ0v) is 14.6. The van der Waals surface area contributed by atoms with Crippen LogP contribution in [-0.4, -0.2) is 52.8 Å². The van der Waals surface area contributed by atoms with Crippen LogP contribution in [0.2, 0.25) is 0 Å². The molecule has 9 nitrogen and oxygen atoms in total. The fourth-order valence-electron chi connectivity index (χ4n) is 2.55. The molecule has 1 aromatic rings. The smallest absolute Gasteiger partial charge is 0.410 e. The molecule has 2 rings (SSSR count). The number of nitrogen functional groups attached to an aromatic ring is 1. The number of amides is 1. The van der Waals surface area contributed by atoms with Crippen molar-refractivity contribution in [1.82, 2.24) is 14.9 Å². The minimum absolute atomic E-state index is 0.0423. The maximum Gasteiger partial charge on any atom is 0.410 e. The van der Waals surface area contributed by atoms with Gasteiger partial charge in [0.25, 0.3) is 0 Å². The number of methoxy groups -OCH3 is 1. The molecule has 0 spiro atoms. The van der Waals surface area contributed by atoms with Gasteiger partial charge in [-0.2, -0.15) is 0 Å². The molecule has 1 aromatic heterocycles. The number of carbonyl (C=O) groups is 1. The Kier molecular flexibility index (Phi) is 5.66. The van der Waals surface area contributed by atoms with Crippen LogP contribution in [0.1, 0.15) is 33.6 Å². The molecule has 24 heavy (non-hydrogen) atoms. The van der Waals surface area contributed by atoms with Crippen molar-refractivity contribution in [2.75, 3.05) is 30.9 Å². The van der Waals surface area contributed by atoms with E-state index in [9.17, 15) is 4.79 Å². The van der Waals surface area contributed by atoms with Gasteiger partial charge in [0.2, 0.25) is 5.75 Å². The summed E-state index contributed by atoms with van der Waals surface area (Å²) in [5.41, 5.74) is 1.97. The average Bonchev–Trinajstić information content (AvgIpc) is 2.53. The van der Waals surface area contributed by atoms with Crippen molar-refractivity contribution in [3.05, 3.63) is 6.33 Å². The van der Waals surface area contributed by atoms with Gasteiger partial charge in [-0.05, 0) is 33.6 Å². The van der Waals surface area contributed by atoms with Gasteiger partial charge >= 0.3 is 6.09 Å². The Balaban J connectivity index is 2.05. The number of anilines is 2. The van der Waals surface area contributed by atoms with Gasteiger partial charge in [-0.25, -0.2) is 20.6 Å². The minimum Gasteiger partial charge on any atom is -0.490 e. The molecule has 0 aromatic carbocycles. The van der Waals surface area contributed by atoms with E-state index in [0.29, 0.717) is 30.5 Å². The third kappa shape index (κ3) is 4.60. The van der Waals surface area contributed by atoms with Crippen LogP contribution in [0.5, 0.6) is 5.75 Å². The molecular weight excluding hydrogens is 312 g/mol. The summed E-state index contributed by atoms with van der Waals surface area (Å²) >= 11 is 0. The van der Waals surface area contributed by atoms with E-state index in [4.69, 9.17) is 15.3 Å². The Morgan fingerprint density at radius 1 is 1.38 bits per heavy atom. The van der Waals surface area contributed by atoms with Gasteiger partial charge in [0.15, 0.2) is 11.6 Å². The Bertz CT molecular complexity index is 575. The molecule has 0 saturated carbocycles. The lowest BCUT2D eigenvalue weighted by Gasteiger charge is -2.34. The van der Waals surface area contributed by atoms with Crippen LogP contribution in [-0.2, 0) is 4.74 Å². The lowest BCUT2D eigenvalue weighted by Crippen LogP contribution is -2.47. The van der Waals surface area contributed by atoms with Crippen LogP contribution >= 0.6 is 0 Å². The first kappa shape index (κ1) is 18.1. The Labute approximate surface area is 141 Å². The van der Waals surface area contributed by atoms with Crippen molar-refractivity contribution in [1.29, 1.82) is 0 Å². The SMILES string of the molecule is COc1c(NN)ncnc1NC1CCCN(C(=O)OC(C)(C)C)C1. The summed E-state index contributed by atoms with van der Waals surface area (Å²) in [5.74, 6) is 6.81. The summed E-state index contributed by atoms with van der Waals surface area (Å²) in [4.78, 5) is 22.2. The molecule has 134 valence electrons. The lowest BCUT2D eigenvalue weighted by molar-refractivity contribution is 0.0206. The second-order valence-electron chi connectivity index (χ2n) is 6.66. The molecule has 1 atom stereocenters. The molecule has 0 bridgehead atoms. The van der Waals surface area contributed by atoms with Gasteiger partial charge in [0.1, 0.15) is 11.9 Å². The van der Waals surface area contributed by atoms with Gasteiger partial charge in [0.05, 0.1) is 7.11 Å². The molecule has 1 amide bonds. The second kappa shape index (κ2) is 7.52. The van der Waals surface area contributed by atoms with Crippen LogP contribution < -0.4 is 21.3 Å². The Hall–Kier alpha value is -2.29. The summed E-state index contributed by atoms with van der Waals surface area (Å²) in [6.07, 6.45) is 2.89. The number of nitrogens with one attached hydrogen (secondary N) is 2. The first-order chi connectivity index (χ1) is 11.3. The molecule has 2 heterocycles.